The number of hydrogen-bond donors (Lipinski definition) is 1. The number of rotatable bonds is 6. The van der Waals surface area contributed by atoms with E-state index in [9.17, 15) is 13.2 Å². The van der Waals surface area contributed by atoms with Crippen LogP contribution in [0.4, 0.5) is 19.0 Å². The Morgan fingerprint density at radius 2 is 1.75 bits per heavy atom. The molecular weight excluding hydrogens is 395 g/mol. The molecule has 28 heavy (non-hydrogen) atoms. The highest BCUT2D eigenvalue weighted by molar-refractivity contribution is 6.32. The Bertz CT molecular complexity index is 950. The number of anilines is 1. The summed E-state index contributed by atoms with van der Waals surface area (Å²) in [6.07, 6.45) is -2.19. The van der Waals surface area contributed by atoms with Crippen LogP contribution in [0.1, 0.15) is 11.1 Å². The van der Waals surface area contributed by atoms with Crippen molar-refractivity contribution in [3.8, 4) is 17.4 Å². The van der Waals surface area contributed by atoms with Crippen LogP contribution < -0.4 is 14.8 Å². The summed E-state index contributed by atoms with van der Waals surface area (Å²) < 4.78 is 48.8. The smallest absolute Gasteiger partial charge is 0.417 e. The van der Waals surface area contributed by atoms with Crippen molar-refractivity contribution in [3.63, 3.8) is 0 Å². The predicted octanol–water partition coefficient (Wildman–Crippen LogP) is 5.56. The number of hydrogen-bond acceptors (Lipinski definition) is 5. The Morgan fingerprint density at radius 1 is 1.04 bits per heavy atom. The van der Waals surface area contributed by atoms with Crippen molar-refractivity contribution in [3.05, 3.63) is 71.0 Å². The summed E-state index contributed by atoms with van der Waals surface area (Å²) in [7, 11) is 1.58. The Hall–Kier alpha value is -3.00. The fourth-order valence-corrected chi connectivity index (χ4v) is 2.52. The van der Waals surface area contributed by atoms with Gasteiger partial charge < -0.3 is 14.8 Å². The van der Waals surface area contributed by atoms with Gasteiger partial charge in [-0.2, -0.15) is 13.2 Å². The molecule has 0 saturated carbocycles. The summed E-state index contributed by atoms with van der Waals surface area (Å²) in [5.41, 5.74) is -0.113. The maximum Gasteiger partial charge on any atom is 0.417 e. The average Bonchev–Trinajstić information content (AvgIpc) is 2.67. The summed E-state index contributed by atoms with van der Waals surface area (Å²) in [6.45, 7) is 0.277. The molecule has 0 unspecified atom stereocenters. The van der Waals surface area contributed by atoms with Crippen LogP contribution in [0.2, 0.25) is 5.02 Å². The molecule has 5 nitrogen and oxygen atoms in total. The highest BCUT2D eigenvalue weighted by Crippen LogP contribution is 2.32. The van der Waals surface area contributed by atoms with E-state index in [0.717, 1.165) is 17.8 Å². The quantitative estimate of drug-likeness (QED) is 0.577. The van der Waals surface area contributed by atoms with Crippen molar-refractivity contribution in [1.29, 1.82) is 0 Å². The van der Waals surface area contributed by atoms with Gasteiger partial charge in [-0.25, -0.2) is 9.97 Å². The van der Waals surface area contributed by atoms with Gasteiger partial charge in [-0.1, -0.05) is 11.6 Å². The van der Waals surface area contributed by atoms with Gasteiger partial charge in [0, 0.05) is 25.0 Å². The lowest BCUT2D eigenvalue weighted by Gasteiger charge is -2.11. The molecule has 1 N–H and O–H groups in total. The fraction of sp³-hybridized carbons (Fsp3) is 0.158. The zero-order chi connectivity index (χ0) is 20.1. The maximum absolute atomic E-state index is 12.7. The van der Waals surface area contributed by atoms with E-state index >= 15 is 0 Å². The largest absolute Gasteiger partial charge is 0.497 e. The van der Waals surface area contributed by atoms with Crippen LogP contribution in [0.3, 0.4) is 0 Å². The molecule has 0 aliphatic rings. The second-order valence-electron chi connectivity index (χ2n) is 5.69. The van der Waals surface area contributed by atoms with Crippen LogP contribution in [0.5, 0.6) is 17.4 Å². The number of benzene rings is 1. The normalized spacial score (nSPS) is 11.2. The van der Waals surface area contributed by atoms with Crippen molar-refractivity contribution in [2.45, 2.75) is 12.7 Å². The number of pyridine rings is 2. The van der Waals surface area contributed by atoms with Gasteiger partial charge in [0.15, 0.2) is 0 Å². The van der Waals surface area contributed by atoms with E-state index in [0.29, 0.717) is 17.4 Å². The molecule has 0 aliphatic carbocycles. The van der Waals surface area contributed by atoms with Gasteiger partial charge in [-0.05, 0) is 42.0 Å². The Morgan fingerprint density at radius 3 is 2.39 bits per heavy atom. The molecule has 2 aromatic heterocycles. The first-order valence-corrected chi connectivity index (χ1v) is 8.46. The van der Waals surface area contributed by atoms with Gasteiger partial charge >= 0.3 is 6.18 Å². The third-order valence-corrected chi connectivity index (χ3v) is 4.00. The lowest BCUT2D eigenvalue weighted by molar-refractivity contribution is -0.137. The second-order valence-corrected chi connectivity index (χ2v) is 6.09. The van der Waals surface area contributed by atoms with E-state index in [1.807, 2.05) is 0 Å². The summed E-state index contributed by atoms with van der Waals surface area (Å²) in [5.74, 6) is 1.82. The predicted molar refractivity (Wildman–Crippen MR) is 98.9 cm³/mol. The topological polar surface area (TPSA) is 56.3 Å². The van der Waals surface area contributed by atoms with Gasteiger partial charge in [0.05, 0.1) is 17.7 Å². The number of nitrogens with one attached hydrogen (secondary N) is 1. The van der Waals surface area contributed by atoms with Crippen molar-refractivity contribution in [2.24, 2.45) is 0 Å². The van der Waals surface area contributed by atoms with Crippen molar-refractivity contribution >= 4 is 17.4 Å². The Balaban J connectivity index is 1.66. The molecule has 0 spiro atoms. The minimum Gasteiger partial charge on any atom is -0.497 e. The van der Waals surface area contributed by atoms with E-state index in [4.69, 9.17) is 21.1 Å². The number of alkyl halides is 3. The van der Waals surface area contributed by atoms with Gasteiger partial charge in [-0.15, -0.1) is 0 Å². The SMILES string of the molecule is COc1ccc(Oc2cc(CNc3ncc(C(F)(F)F)cc3Cl)ccn2)cc1. The van der Waals surface area contributed by atoms with Crippen molar-refractivity contribution in [2.75, 3.05) is 12.4 Å². The zero-order valence-electron chi connectivity index (χ0n) is 14.6. The maximum atomic E-state index is 12.7. The number of ether oxygens (including phenoxy) is 2. The van der Waals surface area contributed by atoms with E-state index in [2.05, 4.69) is 15.3 Å². The van der Waals surface area contributed by atoms with E-state index in [1.54, 1.807) is 49.7 Å². The van der Waals surface area contributed by atoms with Gasteiger partial charge in [-0.3, -0.25) is 0 Å². The highest BCUT2D eigenvalue weighted by atomic mass is 35.5. The van der Waals surface area contributed by atoms with E-state index in [-0.39, 0.29) is 17.4 Å². The molecule has 0 amide bonds. The third-order valence-electron chi connectivity index (χ3n) is 3.71. The average molecular weight is 410 g/mol. The number of nitrogens with zero attached hydrogens (tertiary/aromatic N) is 2. The Kier molecular flexibility index (Phi) is 5.89. The van der Waals surface area contributed by atoms with Gasteiger partial charge in [0.1, 0.15) is 17.3 Å². The first-order chi connectivity index (χ1) is 13.3. The molecule has 0 saturated heterocycles. The zero-order valence-corrected chi connectivity index (χ0v) is 15.4. The first kappa shape index (κ1) is 19.8. The van der Waals surface area contributed by atoms with Crippen molar-refractivity contribution in [1.82, 2.24) is 9.97 Å². The molecule has 146 valence electrons. The lowest BCUT2D eigenvalue weighted by Crippen LogP contribution is -2.08. The van der Waals surface area contributed by atoms with Crippen LogP contribution in [0, 0.1) is 0 Å². The second kappa shape index (κ2) is 8.35. The first-order valence-electron chi connectivity index (χ1n) is 8.08. The molecule has 1 aromatic carbocycles. The fourth-order valence-electron chi connectivity index (χ4n) is 2.29. The Labute approximate surface area is 164 Å². The third kappa shape index (κ3) is 5.04. The minimum atomic E-state index is -4.49. The molecule has 3 aromatic rings. The standard InChI is InChI=1S/C19H15ClF3N3O2/c1-27-14-2-4-15(5-3-14)28-17-8-12(6-7-24-17)10-25-18-16(20)9-13(11-26-18)19(21,22)23/h2-9,11H,10H2,1H3,(H,25,26). The van der Waals surface area contributed by atoms with E-state index < -0.39 is 11.7 Å². The molecule has 0 bridgehead atoms. The molecule has 2 heterocycles. The van der Waals surface area contributed by atoms with Gasteiger partial charge in [0.25, 0.3) is 0 Å². The molecule has 9 heteroatoms. The summed E-state index contributed by atoms with van der Waals surface area (Å²) >= 11 is 5.89. The number of aromatic nitrogens is 2. The molecule has 0 aliphatic heterocycles. The van der Waals surface area contributed by atoms with Crippen LogP contribution >= 0.6 is 11.6 Å². The van der Waals surface area contributed by atoms with Crippen LogP contribution in [-0.4, -0.2) is 17.1 Å². The minimum absolute atomic E-state index is 0.112. The van der Waals surface area contributed by atoms with Crippen LogP contribution in [0.25, 0.3) is 0 Å². The summed E-state index contributed by atoms with van der Waals surface area (Å²) in [5, 5.41) is 2.79. The van der Waals surface area contributed by atoms with Crippen LogP contribution in [0.15, 0.2) is 54.9 Å². The van der Waals surface area contributed by atoms with Gasteiger partial charge in [0.2, 0.25) is 5.88 Å². The molecule has 0 fully saturated rings. The number of halogens is 4. The highest BCUT2D eigenvalue weighted by Gasteiger charge is 2.31. The number of methoxy groups -OCH3 is 1. The molecule has 0 radical (unpaired) electrons. The summed E-state index contributed by atoms with van der Waals surface area (Å²) in [6, 6.07) is 11.3. The van der Waals surface area contributed by atoms with Crippen LogP contribution in [-0.2, 0) is 12.7 Å². The molecule has 3 rings (SSSR count). The lowest BCUT2D eigenvalue weighted by atomic mass is 10.2. The monoisotopic (exact) mass is 409 g/mol. The van der Waals surface area contributed by atoms with E-state index in [1.165, 1.54) is 0 Å². The summed E-state index contributed by atoms with van der Waals surface area (Å²) in [4.78, 5) is 7.88. The van der Waals surface area contributed by atoms with Crippen molar-refractivity contribution < 1.29 is 22.6 Å². The molecule has 0 atom stereocenters. The molecular formula is C19H15ClF3N3O2.